The van der Waals surface area contributed by atoms with Crippen molar-refractivity contribution in [1.82, 2.24) is 23.7 Å². The number of nitrogens with zero attached hydrogens (tertiary/aromatic N) is 5. The van der Waals surface area contributed by atoms with Crippen molar-refractivity contribution in [3.63, 3.8) is 0 Å². The van der Waals surface area contributed by atoms with Gasteiger partial charge in [-0.1, -0.05) is 6.07 Å². The third kappa shape index (κ3) is 3.44. The van der Waals surface area contributed by atoms with E-state index >= 15 is 0 Å². The predicted octanol–water partition coefficient (Wildman–Crippen LogP) is 0.630. The molecule has 7 nitrogen and oxygen atoms in total. The molecule has 23 heavy (non-hydrogen) atoms. The lowest BCUT2D eigenvalue weighted by atomic mass is 10.3. The van der Waals surface area contributed by atoms with Gasteiger partial charge < -0.3 is 4.57 Å². The van der Waals surface area contributed by atoms with Crippen molar-refractivity contribution in [3.05, 3.63) is 42.1 Å². The van der Waals surface area contributed by atoms with Crippen LogP contribution in [-0.2, 0) is 23.6 Å². The van der Waals surface area contributed by atoms with Crippen LogP contribution >= 0.6 is 0 Å². The standard InChI is InChI=1S/C15H21N5O2S/c1-13-17-15(12-18(13)2)23(21,22)20-9-7-19(8-10-20)11-14-5-3-4-6-16-14/h3-6,12H,7-11H2,1-2H3. The van der Waals surface area contributed by atoms with Gasteiger partial charge in [0.2, 0.25) is 0 Å². The highest BCUT2D eigenvalue weighted by Crippen LogP contribution is 2.17. The van der Waals surface area contributed by atoms with Crippen molar-refractivity contribution in [3.8, 4) is 0 Å². The minimum Gasteiger partial charge on any atom is -0.337 e. The first-order valence-corrected chi connectivity index (χ1v) is 9.03. The lowest BCUT2D eigenvalue weighted by molar-refractivity contribution is 0.179. The number of sulfonamides is 1. The summed E-state index contributed by atoms with van der Waals surface area (Å²) in [5.41, 5.74) is 1.00. The number of hydrogen-bond donors (Lipinski definition) is 0. The van der Waals surface area contributed by atoms with E-state index in [1.54, 1.807) is 30.9 Å². The van der Waals surface area contributed by atoms with E-state index in [1.165, 1.54) is 4.31 Å². The van der Waals surface area contributed by atoms with Gasteiger partial charge in [-0.05, 0) is 19.1 Å². The third-order valence-electron chi connectivity index (χ3n) is 4.13. The molecule has 3 heterocycles. The number of piperazine rings is 1. The molecule has 1 fully saturated rings. The van der Waals surface area contributed by atoms with Gasteiger partial charge in [-0.25, -0.2) is 13.4 Å². The van der Waals surface area contributed by atoms with Crippen molar-refractivity contribution in [2.24, 2.45) is 7.05 Å². The van der Waals surface area contributed by atoms with Crippen LogP contribution in [0.5, 0.6) is 0 Å². The summed E-state index contributed by atoms with van der Waals surface area (Å²) in [6.07, 6.45) is 3.35. The van der Waals surface area contributed by atoms with E-state index in [0.717, 1.165) is 12.2 Å². The minimum absolute atomic E-state index is 0.135. The van der Waals surface area contributed by atoms with Gasteiger partial charge in [0.1, 0.15) is 5.82 Å². The highest BCUT2D eigenvalue weighted by atomic mass is 32.2. The van der Waals surface area contributed by atoms with Gasteiger partial charge in [0, 0.05) is 52.2 Å². The van der Waals surface area contributed by atoms with Crippen LogP contribution in [0.4, 0.5) is 0 Å². The van der Waals surface area contributed by atoms with Crippen molar-refractivity contribution < 1.29 is 8.42 Å². The maximum Gasteiger partial charge on any atom is 0.262 e. The zero-order chi connectivity index (χ0) is 16.4. The fraction of sp³-hybridized carbons (Fsp3) is 0.467. The van der Waals surface area contributed by atoms with Crippen LogP contribution in [0.2, 0.25) is 0 Å². The van der Waals surface area contributed by atoms with Gasteiger partial charge in [0.05, 0.1) is 5.69 Å². The molecule has 0 saturated carbocycles. The molecule has 2 aromatic heterocycles. The molecule has 0 aromatic carbocycles. The molecule has 0 N–H and O–H groups in total. The van der Waals surface area contributed by atoms with Crippen molar-refractivity contribution in [2.45, 2.75) is 18.5 Å². The highest BCUT2D eigenvalue weighted by molar-refractivity contribution is 7.89. The lowest BCUT2D eigenvalue weighted by Crippen LogP contribution is -2.48. The molecule has 1 saturated heterocycles. The van der Waals surface area contributed by atoms with E-state index in [-0.39, 0.29) is 5.03 Å². The van der Waals surface area contributed by atoms with Gasteiger partial charge >= 0.3 is 0 Å². The quantitative estimate of drug-likeness (QED) is 0.819. The Balaban J connectivity index is 1.64. The molecular weight excluding hydrogens is 314 g/mol. The van der Waals surface area contributed by atoms with Crippen LogP contribution in [0, 0.1) is 6.92 Å². The van der Waals surface area contributed by atoms with Crippen molar-refractivity contribution >= 4 is 10.0 Å². The number of aromatic nitrogens is 3. The van der Waals surface area contributed by atoms with Crippen LogP contribution in [0.15, 0.2) is 35.6 Å². The van der Waals surface area contributed by atoms with E-state index < -0.39 is 10.0 Å². The Labute approximate surface area is 136 Å². The smallest absolute Gasteiger partial charge is 0.262 e. The molecule has 0 bridgehead atoms. The Morgan fingerprint density at radius 1 is 1.17 bits per heavy atom. The largest absolute Gasteiger partial charge is 0.337 e. The number of imidazole rings is 1. The van der Waals surface area contributed by atoms with E-state index in [9.17, 15) is 8.42 Å². The zero-order valence-electron chi connectivity index (χ0n) is 13.4. The van der Waals surface area contributed by atoms with Gasteiger partial charge in [-0.3, -0.25) is 9.88 Å². The summed E-state index contributed by atoms with van der Waals surface area (Å²) in [6.45, 7) is 4.89. The topological polar surface area (TPSA) is 71.3 Å². The fourth-order valence-corrected chi connectivity index (χ4v) is 4.08. The average molecular weight is 335 g/mol. The Kier molecular flexibility index (Phi) is 4.47. The summed E-state index contributed by atoms with van der Waals surface area (Å²) >= 11 is 0. The molecule has 0 atom stereocenters. The molecule has 8 heteroatoms. The summed E-state index contributed by atoms with van der Waals surface area (Å²) in [6, 6.07) is 5.84. The molecule has 0 unspecified atom stereocenters. The summed E-state index contributed by atoms with van der Waals surface area (Å²) in [5.74, 6) is 0.692. The number of pyridine rings is 1. The van der Waals surface area contributed by atoms with Crippen molar-refractivity contribution in [1.29, 1.82) is 0 Å². The van der Waals surface area contributed by atoms with Crippen LogP contribution in [0.25, 0.3) is 0 Å². The molecule has 2 aromatic rings. The van der Waals surface area contributed by atoms with Gasteiger partial charge in [-0.15, -0.1) is 0 Å². The van der Waals surface area contributed by atoms with Gasteiger partial charge in [0.15, 0.2) is 5.03 Å². The molecular formula is C15H21N5O2S. The van der Waals surface area contributed by atoms with E-state index in [0.29, 0.717) is 32.0 Å². The maximum absolute atomic E-state index is 12.6. The summed E-state index contributed by atoms with van der Waals surface area (Å²) in [7, 11) is -1.70. The molecule has 1 aliphatic heterocycles. The SMILES string of the molecule is Cc1nc(S(=O)(=O)N2CCN(Cc3ccccn3)CC2)cn1C. The Hall–Kier alpha value is -1.77. The molecule has 0 radical (unpaired) electrons. The molecule has 0 aliphatic carbocycles. The molecule has 0 spiro atoms. The molecule has 0 amide bonds. The first-order valence-electron chi connectivity index (χ1n) is 7.59. The summed E-state index contributed by atoms with van der Waals surface area (Å²) < 4.78 is 28.5. The normalized spacial score (nSPS) is 17.5. The number of hydrogen-bond acceptors (Lipinski definition) is 5. The van der Waals surface area contributed by atoms with E-state index in [4.69, 9.17) is 0 Å². The zero-order valence-corrected chi connectivity index (χ0v) is 14.2. The first kappa shape index (κ1) is 16.1. The van der Waals surface area contributed by atoms with Crippen LogP contribution < -0.4 is 0 Å². The van der Waals surface area contributed by atoms with E-state index in [2.05, 4.69) is 14.9 Å². The van der Waals surface area contributed by atoms with Crippen molar-refractivity contribution in [2.75, 3.05) is 26.2 Å². The Morgan fingerprint density at radius 2 is 1.91 bits per heavy atom. The lowest BCUT2D eigenvalue weighted by Gasteiger charge is -2.33. The second-order valence-corrected chi connectivity index (χ2v) is 7.62. The Bertz CT molecular complexity index is 745. The fourth-order valence-electron chi connectivity index (χ4n) is 2.63. The van der Waals surface area contributed by atoms with Crippen LogP contribution in [0.1, 0.15) is 11.5 Å². The monoisotopic (exact) mass is 335 g/mol. The second-order valence-electron chi connectivity index (χ2n) is 5.74. The van der Waals surface area contributed by atoms with Gasteiger partial charge in [-0.2, -0.15) is 4.31 Å². The summed E-state index contributed by atoms with van der Waals surface area (Å²) in [5, 5.41) is 0.135. The summed E-state index contributed by atoms with van der Waals surface area (Å²) in [4.78, 5) is 10.7. The number of rotatable bonds is 4. The Morgan fingerprint density at radius 3 is 2.48 bits per heavy atom. The highest BCUT2D eigenvalue weighted by Gasteiger charge is 2.30. The first-order chi connectivity index (χ1) is 11.0. The molecule has 1 aliphatic rings. The molecule has 124 valence electrons. The number of aryl methyl sites for hydroxylation is 2. The van der Waals surface area contributed by atoms with Crippen LogP contribution in [0.3, 0.4) is 0 Å². The predicted molar refractivity (Wildman–Crippen MR) is 86.2 cm³/mol. The van der Waals surface area contributed by atoms with E-state index in [1.807, 2.05) is 18.2 Å². The average Bonchev–Trinajstić information content (AvgIpc) is 2.89. The minimum atomic E-state index is -3.50. The third-order valence-corrected chi connectivity index (χ3v) is 5.90. The maximum atomic E-state index is 12.6. The second kappa shape index (κ2) is 6.38. The van der Waals surface area contributed by atoms with Gasteiger partial charge in [0.25, 0.3) is 10.0 Å². The van der Waals surface area contributed by atoms with Crippen LogP contribution in [-0.4, -0.2) is 58.3 Å². The molecule has 3 rings (SSSR count).